The van der Waals surface area contributed by atoms with Crippen LogP contribution in [-0.4, -0.2) is 40.5 Å². The lowest BCUT2D eigenvalue weighted by Gasteiger charge is -2.46. The molecule has 0 amide bonds. The SMILES string of the molecule is CC1CCNC(C)C1(c1cc(CC(C)(C)C)c2[nH]c(=O)n(C)c2n1)S(=O)(=O)c1cncs1. The van der Waals surface area contributed by atoms with E-state index in [1.807, 2.05) is 19.9 Å². The predicted octanol–water partition coefficient (Wildman–Crippen LogP) is 2.99. The molecule has 3 unspecified atom stereocenters. The highest BCUT2D eigenvalue weighted by Crippen LogP contribution is 2.48. The van der Waals surface area contributed by atoms with Crippen LogP contribution in [0.5, 0.6) is 0 Å². The van der Waals surface area contributed by atoms with Gasteiger partial charge in [0, 0.05) is 13.1 Å². The van der Waals surface area contributed by atoms with Crippen molar-refractivity contribution in [3.63, 3.8) is 0 Å². The van der Waals surface area contributed by atoms with Crippen LogP contribution in [0.4, 0.5) is 0 Å². The molecule has 8 nitrogen and oxygen atoms in total. The Morgan fingerprint density at radius 1 is 1.31 bits per heavy atom. The third-order valence-corrected chi connectivity index (χ3v) is 10.6. The van der Waals surface area contributed by atoms with Gasteiger partial charge in [0.1, 0.15) is 8.96 Å². The van der Waals surface area contributed by atoms with Crippen molar-refractivity contribution in [3.8, 4) is 0 Å². The molecule has 3 aromatic heterocycles. The first-order valence-electron chi connectivity index (χ1n) is 10.8. The summed E-state index contributed by atoms with van der Waals surface area (Å²) in [6.07, 6.45) is 2.80. The summed E-state index contributed by atoms with van der Waals surface area (Å²) in [4.78, 5) is 24.3. The number of aryl methyl sites for hydroxylation is 1. The second kappa shape index (κ2) is 7.78. The molecule has 1 fully saturated rings. The lowest BCUT2D eigenvalue weighted by atomic mass is 9.78. The molecule has 10 heteroatoms. The molecule has 0 radical (unpaired) electrons. The summed E-state index contributed by atoms with van der Waals surface area (Å²) in [5, 5.41) is 3.39. The van der Waals surface area contributed by atoms with Gasteiger partial charge in [-0.15, -0.1) is 11.3 Å². The number of H-pyrrole nitrogens is 1. The molecular weight excluding hydrogens is 446 g/mol. The Balaban J connectivity index is 2.10. The quantitative estimate of drug-likeness (QED) is 0.598. The van der Waals surface area contributed by atoms with Gasteiger partial charge in [-0.3, -0.25) is 9.55 Å². The monoisotopic (exact) mass is 477 g/mol. The number of aromatic nitrogens is 4. The van der Waals surface area contributed by atoms with Gasteiger partial charge in [-0.1, -0.05) is 27.7 Å². The number of hydrogen-bond donors (Lipinski definition) is 2. The van der Waals surface area contributed by atoms with Gasteiger partial charge < -0.3 is 10.3 Å². The first-order chi connectivity index (χ1) is 14.9. The molecule has 174 valence electrons. The Labute approximate surface area is 192 Å². The minimum Gasteiger partial charge on any atom is -0.312 e. The van der Waals surface area contributed by atoms with E-state index >= 15 is 0 Å². The van der Waals surface area contributed by atoms with E-state index in [0.29, 0.717) is 29.7 Å². The first-order valence-corrected chi connectivity index (χ1v) is 13.2. The number of thiazole rings is 1. The zero-order chi connectivity index (χ0) is 23.5. The Morgan fingerprint density at radius 2 is 2.03 bits per heavy atom. The largest absolute Gasteiger partial charge is 0.327 e. The number of nitrogens with zero attached hydrogens (tertiary/aromatic N) is 3. The van der Waals surface area contributed by atoms with Gasteiger partial charge in [0.25, 0.3) is 0 Å². The van der Waals surface area contributed by atoms with Gasteiger partial charge in [0.2, 0.25) is 9.84 Å². The number of pyridine rings is 1. The van der Waals surface area contributed by atoms with Gasteiger partial charge in [-0.2, -0.15) is 0 Å². The van der Waals surface area contributed by atoms with E-state index in [1.54, 1.807) is 12.6 Å². The fraction of sp³-hybridized carbons (Fsp3) is 0.591. The van der Waals surface area contributed by atoms with Gasteiger partial charge in [0.05, 0.1) is 22.9 Å². The van der Waals surface area contributed by atoms with Crippen LogP contribution >= 0.6 is 11.3 Å². The average Bonchev–Trinajstić information content (AvgIpc) is 3.31. The standard InChI is InChI=1S/C22H31N5O3S2/c1-13-7-8-24-14(2)22(13,32(29,30)17-11-23-12-31-17)16-9-15(10-21(3,4)5)18-19(25-16)27(6)20(28)26-18/h9,11-14,24H,7-8,10H2,1-6H3,(H,26,28). The number of nitrogens with one attached hydrogen (secondary N) is 2. The molecule has 1 aliphatic heterocycles. The number of sulfone groups is 1. The van der Waals surface area contributed by atoms with E-state index in [1.165, 1.54) is 10.8 Å². The second-order valence-corrected chi connectivity index (χ2v) is 13.3. The molecule has 0 spiro atoms. The van der Waals surface area contributed by atoms with Crippen molar-refractivity contribution in [2.24, 2.45) is 18.4 Å². The molecule has 32 heavy (non-hydrogen) atoms. The third kappa shape index (κ3) is 3.43. The van der Waals surface area contributed by atoms with Crippen molar-refractivity contribution in [2.45, 2.75) is 62.5 Å². The van der Waals surface area contributed by atoms with Crippen LogP contribution in [0.2, 0.25) is 0 Å². The second-order valence-electron chi connectivity index (χ2n) is 10.1. The fourth-order valence-corrected chi connectivity index (χ4v) is 8.59. The Bertz CT molecular complexity index is 1290. The Hall–Kier alpha value is -2.04. The fourth-order valence-electron chi connectivity index (χ4n) is 5.08. The lowest BCUT2D eigenvalue weighted by molar-refractivity contribution is 0.233. The van der Waals surface area contributed by atoms with E-state index in [0.717, 1.165) is 23.4 Å². The summed E-state index contributed by atoms with van der Waals surface area (Å²) in [7, 11) is -2.17. The van der Waals surface area contributed by atoms with Gasteiger partial charge in [-0.25, -0.2) is 18.2 Å². The van der Waals surface area contributed by atoms with E-state index in [2.05, 4.69) is 36.1 Å². The summed E-state index contributed by atoms with van der Waals surface area (Å²) in [5.41, 5.74) is 3.76. The number of aromatic amines is 1. The van der Waals surface area contributed by atoms with Crippen molar-refractivity contribution < 1.29 is 8.42 Å². The normalized spacial score (nSPS) is 24.8. The first kappa shape index (κ1) is 23.1. The molecular formula is C22H31N5O3S2. The Kier molecular flexibility index (Phi) is 5.62. The third-order valence-electron chi connectivity index (χ3n) is 6.58. The maximum absolute atomic E-state index is 14.2. The number of piperidine rings is 1. The maximum atomic E-state index is 14.2. The van der Waals surface area contributed by atoms with Gasteiger partial charge >= 0.3 is 5.69 Å². The molecule has 2 N–H and O–H groups in total. The van der Waals surface area contributed by atoms with Crippen LogP contribution in [0.3, 0.4) is 0 Å². The number of rotatable bonds is 4. The van der Waals surface area contributed by atoms with Crippen LogP contribution in [0.15, 0.2) is 26.8 Å². The molecule has 4 heterocycles. The highest BCUT2D eigenvalue weighted by atomic mass is 32.2. The van der Waals surface area contributed by atoms with Crippen molar-refractivity contribution in [2.75, 3.05) is 6.54 Å². The van der Waals surface area contributed by atoms with E-state index in [-0.39, 0.29) is 27.3 Å². The maximum Gasteiger partial charge on any atom is 0.327 e. The highest BCUT2D eigenvalue weighted by Gasteiger charge is 2.57. The topological polar surface area (TPSA) is 110 Å². The van der Waals surface area contributed by atoms with Crippen LogP contribution < -0.4 is 11.0 Å². The van der Waals surface area contributed by atoms with Crippen LogP contribution in [0.25, 0.3) is 11.2 Å². The zero-order valence-corrected chi connectivity index (χ0v) is 21.0. The molecule has 0 aliphatic carbocycles. The summed E-state index contributed by atoms with van der Waals surface area (Å²) in [6, 6.07) is 1.53. The highest BCUT2D eigenvalue weighted by molar-refractivity contribution is 7.94. The van der Waals surface area contributed by atoms with Crippen LogP contribution in [0.1, 0.15) is 52.3 Å². The number of hydrogen-bond acceptors (Lipinski definition) is 7. The number of fused-ring (bicyclic) bond motifs is 1. The van der Waals surface area contributed by atoms with Gasteiger partial charge in [0.15, 0.2) is 5.65 Å². The average molecular weight is 478 g/mol. The summed E-state index contributed by atoms with van der Waals surface area (Å²) in [6.45, 7) is 11.0. The van der Waals surface area contributed by atoms with Crippen molar-refractivity contribution in [1.29, 1.82) is 0 Å². The molecule has 1 saturated heterocycles. The van der Waals surface area contributed by atoms with Crippen molar-refractivity contribution in [1.82, 2.24) is 24.8 Å². The minimum atomic E-state index is -3.83. The lowest BCUT2D eigenvalue weighted by Crippen LogP contribution is -2.60. The van der Waals surface area contributed by atoms with Crippen LogP contribution in [-0.2, 0) is 28.1 Å². The van der Waals surface area contributed by atoms with E-state index in [9.17, 15) is 13.2 Å². The zero-order valence-electron chi connectivity index (χ0n) is 19.4. The summed E-state index contributed by atoms with van der Waals surface area (Å²) in [5.74, 6) is -0.186. The molecule has 0 aromatic carbocycles. The van der Waals surface area contributed by atoms with Crippen molar-refractivity contribution >= 4 is 32.3 Å². The molecule has 0 bridgehead atoms. The molecule has 4 rings (SSSR count). The summed E-state index contributed by atoms with van der Waals surface area (Å²) >= 11 is 1.13. The molecule has 3 atom stereocenters. The van der Waals surface area contributed by atoms with Crippen molar-refractivity contribution in [3.05, 3.63) is 39.5 Å². The summed E-state index contributed by atoms with van der Waals surface area (Å²) < 4.78 is 28.9. The van der Waals surface area contributed by atoms with E-state index < -0.39 is 14.6 Å². The van der Waals surface area contributed by atoms with Gasteiger partial charge in [-0.05, 0) is 49.3 Å². The minimum absolute atomic E-state index is 0.0654. The number of imidazole rings is 1. The molecule has 3 aromatic rings. The Morgan fingerprint density at radius 3 is 2.62 bits per heavy atom. The predicted molar refractivity (Wildman–Crippen MR) is 127 cm³/mol. The molecule has 0 saturated carbocycles. The molecule has 1 aliphatic rings. The van der Waals surface area contributed by atoms with E-state index in [4.69, 9.17) is 4.98 Å². The van der Waals surface area contributed by atoms with Crippen LogP contribution in [0, 0.1) is 11.3 Å². The smallest absolute Gasteiger partial charge is 0.312 e.